The number of benzene rings is 3. The van der Waals surface area contributed by atoms with Crippen molar-refractivity contribution >= 4 is 39.3 Å². The van der Waals surface area contributed by atoms with Crippen molar-refractivity contribution in [1.82, 2.24) is 4.57 Å². The molecule has 1 atom stereocenters. The predicted molar refractivity (Wildman–Crippen MR) is 152 cm³/mol. The van der Waals surface area contributed by atoms with Crippen molar-refractivity contribution in [3.8, 4) is 5.75 Å². The molecule has 0 aliphatic carbocycles. The summed E-state index contributed by atoms with van der Waals surface area (Å²) in [5.41, 5.74) is 3.47. The molecule has 0 saturated heterocycles. The zero-order valence-corrected chi connectivity index (χ0v) is 23.3. The van der Waals surface area contributed by atoms with Gasteiger partial charge in [-0.2, -0.15) is 0 Å². The molecule has 0 spiro atoms. The fourth-order valence-electron chi connectivity index (χ4n) is 4.30. The minimum absolute atomic E-state index is 0.208. The average molecular weight is 590 g/mol. The van der Waals surface area contributed by atoms with Crippen LogP contribution >= 0.6 is 27.3 Å². The van der Waals surface area contributed by atoms with E-state index in [1.165, 1.54) is 11.3 Å². The van der Waals surface area contributed by atoms with Crippen molar-refractivity contribution in [1.29, 1.82) is 0 Å². The lowest BCUT2D eigenvalue weighted by Gasteiger charge is -2.24. The zero-order chi connectivity index (χ0) is 26.6. The van der Waals surface area contributed by atoms with Crippen LogP contribution in [0.25, 0.3) is 6.08 Å². The van der Waals surface area contributed by atoms with Crippen LogP contribution in [0.5, 0.6) is 5.75 Å². The lowest BCUT2D eigenvalue weighted by atomic mass is 9.96. The normalized spacial score (nSPS) is 15.1. The van der Waals surface area contributed by atoms with Gasteiger partial charge in [-0.15, -0.1) is 0 Å². The van der Waals surface area contributed by atoms with Crippen LogP contribution in [0, 0.1) is 0 Å². The molecule has 1 aromatic heterocycles. The Bertz CT molecular complexity index is 1670. The minimum Gasteiger partial charge on any atom is -0.489 e. The van der Waals surface area contributed by atoms with Crippen molar-refractivity contribution in [2.45, 2.75) is 26.5 Å². The lowest BCUT2D eigenvalue weighted by molar-refractivity contribution is -0.139. The molecule has 0 saturated carbocycles. The van der Waals surface area contributed by atoms with E-state index < -0.39 is 12.0 Å². The van der Waals surface area contributed by atoms with E-state index >= 15 is 0 Å². The van der Waals surface area contributed by atoms with Crippen LogP contribution in [-0.2, 0) is 16.1 Å². The summed E-state index contributed by atoms with van der Waals surface area (Å²) in [7, 11) is 0. The summed E-state index contributed by atoms with van der Waals surface area (Å²) < 4.78 is 14.3. The average Bonchev–Trinajstić information content (AvgIpc) is 3.22. The zero-order valence-electron chi connectivity index (χ0n) is 20.9. The number of allylic oxidation sites excluding steroid dienone is 1. The topological polar surface area (TPSA) is 69.9 Å². The van der Waals surface area contributed by atoms with Crippen LogP contribution in [0.15, 0.2) is 104 Å². The van der Waals surface area contributed by atoms with E-state index in [4.69, 9.17) is 9.47 Å². The SMILES string of the molecule is CCOC(=O)C1=C(C)N=c2s/c(=C\c3ccc(OCc4ccccc4)cc3)c(=O)n2[C@@H]1c1ccc(Br)cc1. The van der Waals surface area contributed by atoms with Crippen molar-refractivity contribution < 1.29 is 14.3 Å². The summed E-state index contributed by atoms with van der Waals surface area (Å²) in [6, 6.07) is 24.5. The summed E-state index contributed by atoms with van der Waals surface area (Å²) in [4.78, 5) is 31.8. The van der Waals surface area contributed by atoms with Gasteiger partial charge in [0.1, 0.15) is 12.4 Å². The molecule has 1 aliphatic rings. The van der Waals surface area contributed by atoms with Crippen LogP contribution in [0.2, 0.25) is 0 Å². The van der Waals surface area contributed by atoms with Gasteiger partial charge in [0.15, 0.2) is 4.80 Å². The number of esters is 1. The third-order valence-electron chi connectivity index (χ3n) is 6.13. The highest BCUT2D eigenvalue weighted by Crippen LogP contribution is 2.31. The van der Waals surface area contributed by atoms with Gasteiger partial charge >= 0.3 is 5.97 Å². The summed E-state index contributed by atoms with van der Waals surface area (Å²) in [5, 5.41) is 0. The second-order valence-corrected chi connectivity index (χ2v) is 10.6. The molecular formula is C30H25BrN2O4S. The number of hydrogen-bond acceptors (Lipinski definition) is 6. The molecule has 2 heterocycles. The van der Waals surface area contributed by atoms with E-state index in [9.17, 15) is 9.59 Å². The molecule has 5 rings (SSSR count). The standard InChI is InChI=1S/C30H25BrN2O4S/c1-3-36-29(35)26-19(2)32-30-33(27(26)22-11-13-23(31)14-12-22)28(34)25(38-30)17-20-9-15-24(16-10-20)37-18-21-7-5-4-6-8-21/h4-17,27H,3,18H2,1-2H3/b25-17-/t27-/m1/s1. The van der Waals surface area contributed by atoms with Crippen LogP contribution in [0.1, 0.15) is 36.6 Å². The maximum atomic E-state index is 13.7. The first-order chi connectivity index (χ1) is 18.4. The van der Waals surface area contributed by atoms with Crippen LogP contribution in [0.3, 0.4) is 0 Å². The molecule has 8 heteroatoms. The van der Waals surface area contributed by atoms with Gasteiger partial charge in [0, 0.05) is 4.47 Å². The lowest BCUT2D eigenvalue weighted by Crippen LogP contribution is -2.39. The first kappa shape index (κ1) is 25.9. The molecule has 38 heavy (non-hydrogen) atoms. The predicted octanol–water partition coefficient (Wildman–Crippen LogP) is 5.14. The van der Waals surface area contributed by atoms with E-state index in [0.29, 0.717) is 27.2 Å². The Kier molecular flexibility index (Phi) is 7.72. The van der Waals surface area contributed by atoms with E-state index in [0.717, 1.165) is 26.9 Å². The Hall–Kier alpha value is -3.75. The molecule has 0 fully saturated rings. The van der Waals surface area contributed by atoms with Gasteiger partial charge in [0.2, 0.25) is 0 Å². The highest BCUT2D eigenvalue weighted by molar-refractivity contribution is 9.10. The monoisotopic (exact) mass is 588 g/mol. The molecule has 0 unspecified atom stereocenters. The minimum atomic E-state index is -0.630. The third-order valence-corrected chi connectivity index (χ3v) is 7.64. The number of fused-ring (bicyclic) bond motifs is 1. The maximum absolute atomic E-state index is 13.7. The number of ether oxygens (including phenoxy) is 2. The van der Waals surface area contributed by atoms with Crippen LogP contribution in [-0.4, -0.2) is 17.1 Å². The van der Waals surface area contributed by atoms with Gasteiger partial charge in [-0.1, -0.05) is 81.9 Å². The maximum Gasteiger partial charge on any atom is 0.338 e. The second kappa shape index (κ2) is 11.3. The number of nitrogens with zero attached hydrogens (tertiary/aromatic N) is 2. The molecule has 3 aromatic carbocycles. The molecule has 0 bridgehead atoms. The molecule has 0 radical (unpaired) electrons. The summed E-state index contributed by atoms with van der Waals surface area (Å²) in [5.74, 6) is 0.277. The van der Waals surface area contributed by atoms with Crippen LogP contribution in [0.4, 0.5) is 0 Å². The largest absolute Gasteiger partial charge is 0.489 e. The molecule has 1 aliphatic heterocycles. The number of halogens is 1. The van der Waals surface area contributed by atoms with E-state index in [1.54, 1.807) is 18.4 Å². The van der Waals surface area contributed by atoms with Crippen molar-refractivity contribution in [3.63, 3.8) is 0 Å². The molecule has 6 nitrogen and oxygen atoms in total. The van der Waals surface area contributed by atoms with Crippen LogP contribution < -0.4 is 19.6 Å². The number of thiazole rings is 1. The first-order valence-electron chi connectivity index (χ1n) is 12.2. The third kappa shape index (κ3) is 5.42. The highest BCUT2D eigenvalue weighted by Gasteiger charge is 2.33. The fourth-order valence-corrected chi connectivity index (χ4v) is 5.62. The smallest absolute Gasteiger partial charge is 0.338 e. The number of rotatable bonds is 7. The molecule has 0 amide bonds. The summed E-state index contributed by atoms with van der Waals surface area (Å²) in [6.45, 7) is 4.26. The van der Waals surface area contributed by atoms with Gasteiger partial charge < -0.3 is 9.47 Å². The summed E-state index contributed by atoms with van der Waals surface area (Å²) >= 11 is 4.76. The van der Waals surface area contributed by atoms with Gasteiger partial charge in [0.05, 0.1) is 28.5 Å². The highest BCUT2D eigenvalue weighted by atomic mass is 79.9. The fraction of sp³-hybridized carbons (Fsp3) is 0.167. The van der Waals surface area contributed by atoms with Crippen molar-refractivity contribution in [3.05, 3.63) is 131 Å². The Morgan fingerprint density at radius 2 is 1.76 bits per heavy atom. The number of aromatic nitrogens is 1. The molecule has 0 N–H and O–H groups in total. The van der Waals surface area contributed by atoms with Gasteiger partial charge in [-0.25, -0.2) is 9.79 Å². The van der Waals surface area contributed by atoms with Gasteiger partial charge in [-0.3, -0.25) is 9.36 Å². The van der Waals surface area contributed by atoms with E-state index in [1.807, 2.05) is 84.9 Å². The quantitative estimate of drug-likeness (QED) is 0.280. The molecule has 192 valence electrons. The number of hydrogen-bond donors (Lipinski definition) is 0. The van der Waals surface area contributed by atoms with E-state index in [-0.39, 0.29) is 12.2 Å². The first-order valence-corrected chi connectivity index (χ1v) is 13.8. The second-order valence-electron chi connectivity index (χ2n) is 8.70. The van der Waals surface area contributed by atoms with E-state index in [2.05, 4.69) is 20.9 Å². The summed E-state index contributed by atoms with van der Waals surface area (Å²) in [6.07, 6.45) is 1.84. The Labute approximate surface area is 232 Å². The number of carbonyl (C=O) groups is 1. The molecule has 4 aromatic rings. The Morgan fingerprint density at radius 1 is 1.05 bits per heavy atom. The van der Waals surface area contributed by atoms with Crippen molar-refractivity contribution in [2.24, 2.45) is 4.99 Å². The molecular weight excluding hydrogens is 564 g/mol. The van der Waals surface area contributed by atoms with Gasteiger partial charge in [-0.05, 0) is 60.9 Å². The van der Waals surface area contributed by atoms with Crippen molar-refractivity contribution in [2.75, 3.05) is 6.61 Å². The number of carbonyl (C=O) groups excluding carboxylic acids is 1. The van der Waals surface area contributed by atoms with Gasteiger partial charge in [0.25, 0.3) is 5.56 Å². The Morgan fingerprint density at radius 3 is 2.45 bits per heavy atom. The Balaban J connectivity index is 1.51.